The third-order valence-corrected chi connectivity index (χ3v) is 3.22. The van der Waals surface area contributed by atoms with Crippen LogP contribution in [0.15, 0.2) is 41.3 Å². The molecule has 0 aromatic carbocycles. The predicted molar refractivity (Wildman–Crippen MR) is 92.1 cm³/mol. The second-order valence-electron chi connectivity index (χ2n) is 5.01. The number of hydrogen-bond donors (Lipinski definition) is 1. The first-order valence-electron chi connectivity index (χ1n) is 8.02. The summed E-state index contributed by atoms with van der Waals surface area (Å²) in [6.07, 6.45) is 4.69. The van der Waals surface area contributed by atoms with E-state index in [1.54, 1.807) is 18.5 Å². The number of hydrogen-bond acceptors (Lipinski definition) is 8. The Morgan fingerprint density at radius 1 is 1.23 bits per heavy atom. The van der Waals surface area contributed by atoms with Crippen molar-refractivity contribution in [2.75, 3.05) is 18.5 Å². The third kappa shape index (κ3) is 3.94. The van der Waals surface area contributed by atoms with Gasteiger partial charge in [0.1, 0.15) is 5.69 Å². The van der Waals surface area contributed by atoms with E-state index in [-0.39, 0.29) is 17.6 Å². The Bertz CT molecular complexity index is 882. The number of aromatic nitrogens is 4. The summed E-state index contributed by atoms with van der Waals surface area (Å²) in [4.78, 5) is 24.6. The van der Waals surface area contributed by atoms with Crippen LogP contribution in [0.2, 0.25) is 0 Å². The molecule has 134 valence electrons. The molecule has 0 saturated carbocycles. The lowest BCUT2D eigenvalue weighted by Gasteiger charge is -2.10. The van der Waals surface area contributed by atoms with Gasteiger partial charge in [-0.3, -0.25) is 9.78 Å². The maximum Gasteiger partial charge on any atom is 0.319 e. The molecule has 0 aliphatic carbocycles. The Labute approximate surface area is 149 Å². The summed E-state index contributed by atoms with van der Waals surface area (Å²) in [5.74, 6) is 0.184. The first-order valence-corrected chi connectivity index (χ1v) is 8.02. The van der Waals surface area contributed by atoms with Gasteiger partial charge in [0, 0.05) is 24.0 Å². The number of anilines is 1. The van der Waals surface area contributed by atoms with Gasteiger partial charge in [0.15, 0.2) is 11.5 Å². The Morgan fingerprint density at radius 3 is 2.81 bits per heavy atom. The van der Waals surface area contributed by atoms with Crippen molar-refractivity contribution in [2.45, 2.75) is 13.8 Å². The standard InChI is InChI=1S/C17H17N5O4/c1-3-24-16-13(10-19-17(21-16)25-4-2)20-15(23)12-8-14(26-22-12)11-6-5-7-18-9-11/h5-10H,3-4H2,1-2H3,(H,20,23). The number of pyridine rings is 1. The Morgan fingerprint density at radius 2 is 2.08 bits per heavy atom. The van der Waals surface area contributed by atoms with Gasteiger partial charge in [-0.15, -0.1) is 0 Å². The fourth-order valence-corrected chi connectivity index (χ4v) is 2.10. The number of ether oxygens (including phenoxy) is 2. The zero-order chi connectivity index (χ0) is 18.4. The van der Waals surface area contributed by atoms with Gasteiger partial charge in [0.2, 0.25) is 5.88 Å². The normalized spacial score (nSPS) is 10.4. The number of nitrogens with zero attached hydrogens (tertiary/aromatic N) is 4. The van der Waals surface area contributed by atoms with Crippen LogP contribution in [0.1, 0.15) is 24.3 Å². The maximum atomic E-state index is 12.4. The smallest absolute Gasteiger partial charge is 0.319 e. The second-order valence-corrected chi connectivity index (χ2v) is 5.01. The van der Waals surface area contributed by atoms with Crippen LogP contribution < -0.4 is 14.8 Å². The first kappa shape index (κ1) is 17.3. The minimum atomic E-state index is -0.474. The average molecular weight is 355 g/mol. The van der Waals surface area contributed by atoms with Gasteiger partial charge < -0.3 is 19.3 Å². The van der Waals surface area contributed by atoms with E-state index >= 15 is 0 Å². The molecule has 1 N–H and O–H groups in total. The molecule has 0 radical (unpaired) electrons. The fraction of sp³-hybridized carbons (Fsp3) is 0.235. The molecule has 9 nitrogen and oxygen atoms in total. The molecule has 0 bridgehead atoms. The maximum absolute atomic E-state index is 12.4. The molecule has 26 heavy (non-hydrogen) atoms. The van der Waals surface area contributed by atoms with E-state index in [0.717, 1.165) is 5.56 Å². The van der Waals surface area contributed by atoms with Crippen LogP contribution >= 0.6 is 0 Å². The van der Waals surface area contributed by atoms with Crippen molar-refractivity contribution in [3.8, 4) is 23.2 Å². The number of rotatable bonds is 7. The van der Waals surface area contributed by atoms with Crippen LogP contribution in [0.3, 0.4) is 0 Å². The van der Waals surface area contributed by atoms with Crippen molar-refractivity contribution in [3.63, 3.8) is 0 Å². The van der Waals surface area contributed by atoms with E-state index in [4.69, 9.17) is 14.0 Å². The highest BCUT2D eigenvalue weighted by Gasteiger charge is 2.17. The second kappa shape index (κ2) is 8.06. The third-order valence-electron chi connectivity index (χ3n) is 3.22. The molecule has 0 fully saturated rings. The molecular formula is C17H17N5O4. The van der Waals surface area contributed by atoms with E-state index in [1.165, 1.54) is 12.3 Å². The molecule has 3 heterocycles. The summed E-state index contributed by atoms with van der Waals surface area (Å²) in [5, 5.41) is 6.45. The zero-order valence-corrected chi connectivity index (χ0v) is 14.3. The van der Waals surface area contributed by atoms with Crippen molar-refractivity contribution in [2.24, 2.45) is 0 Å². The van der Waals surface area contributed by atoms with Crippen molar-refractivity contribution < 1.29 is 18.8 Å². The van der Waals surface area contributed by atoms with Crippen molar-refractivity contribution in [1.82, 2.24) is 20.1 Å². The molecule has 0 spiro atoms. The average Bonchev–Trinajstić information content (AvgIpc) is 3.15. The zero-order valence-electron chi connectivity index (χ0n) is 14.3. The molecule has 3 aromatic heterocycles. The Balaban J connectivity index is 1.78. The number of carbonyl (C=O) groups excluding carboxylic acids is 1. The van der Waals surface area contributed by atoms with E-state index in [2.05, 4.69) is 25.4 Å². The van der Waals surface area contributed by atoms with Gasteiger partial charge in [0.25, 0.3) is 5.91 Å². The molecule has 0 aliphatic heterocycles. The Kier molecular flexibility index (Phi) is 5.37. The van der Waals surface area contributed by atoms with Crippen LogP contribution in [-0.2, 0) is 0 Å². The van der Waals surface area contributed by atoms with E-state index in [9.17, 15) is 4.79 Å². The van der Waals surface area contributed by atoms with Gasteiger partial charge in [-0.05, 0) is 26.0 Å². The summed E-state index contributed by atoms with van der Waals surface area (Å²) in [5.41, 5.74) is 1.14. The van der Waals surface area contributed by atoms with Gasteiger partial charge in [-0.25, -0.2) is 4.98 Å². The van der Waals surface area contributed by atoms with Crippen LogP contribution in [0.4, 0.5) is 5.69 Å². The largest absolute Gasteiger partial charge is 0.476 e. The highest BCUT2D eigenvalue weighted by Crippen LogP contribution is 2.25. The topological polar surface area (TPSA) is 112 Å². The van der Waals surface area contributed by atoms with E-state index in [0.29, 0.717) is 24.7 Å². The minimum absolute atomic E-state index is 0.111. The summed E-state index contributed by atoms with van der Waals surface area (Å²) in [6, 6.07) is 5.28. The highest BCUT2D eigenvalue weighted by atomic mass is 16.5. The lowest BCUT2D eigenvalue weighted by atomic mass is 10.2. The SMILES string of the molecule is CCOc1ncc(NC(=O)c2cc(-c3cccnc3)on2)c(OCC)n1. The van der Waals surface area contributed by atoms with Crippen LogP contribution in [0, 0.1) is 0 Å². The van der Waals surface area contributed by atoms with E-state index < -0.39 is 5.91 Å². The minimum Gasteiger partial charge on any atom is -0.476 e. The molecule has 9 heteroatoms. The van der Waals surface area contributed by atoms with Gasteiger partial charge >= 0.3 is 6.01 Å². The molecular weight excluding hydrogens is 338 g/mol. The monoisotopic (exact) mass is 355 g/mol. The fourth-order valence-electron chi connectivity index (χ4n) is 2.10. The van der Waals surface area contributed by atoms with Crippen LogP contribution in [0.5, 0.6) is 11.9 Å². The summed E-state index contributed by atoms with van der Waals surface area (Å²) < 4.78 is 15.9. The molecule has 0 unspecified atom stereocenters. The molecule has 3 rings (SSSR count). The van der Waals surface area contributed by atoms with Crippen LogP contribution in [0.25, 0.3) is 11.3 Å². The first-order chi connectivity index (χ1) is 12.7. The van der Waals surface area contributed by atoms with Crippen molar-refractivity contribution >= 4 is 11.6 Å². The van der Waals surface area contributed by atoms with Gasteiger partial charge in [-0.1, -0.05) is 5.16 Å². The number of nitrogens with one attached hydrogen (secondary N) is 1. The van der Waals surface area contributed by atoms with Crippen LogP contribution in [-0.4, -0.2) is 39.2 Å². The molecule has 0 atom stereocenters. The summed E-state index contributed by atoms with van der Waals surface area (Å²) in [7, 11) is 0. The van der Waals surface area contributed by atoms with Gasteiger partial charge in [-0.2, -0.15) is 4.98 Å². The van der Waals surface area contributed by atoms with Crippen molar-refractivity contribution in [3.05, 3.63) is 42.5 Å². The van der Waals surface area contributed by atoms with Crippen molar-refractivity contribution in [1.29, 1.82) is 0 Å². The predicted octanol–water partition coefficient (Wildman–Crippen LogP) is 2.58. The highest BCUT2D eigenvalue weighted by molar-refractivity contribution is 6.03. The number of carbonyl (C=O) groups is 1. The molecule has 3 aromatic rings. The quantitative estimate of drug-likeness (QED) is 0.688. The van der Waals surface area contributed by atoms with Gasteiger partial charge in [0.05, 0.1) is 19.4 Å². The summed E-state index contributed by atoms with van der Waals surface area (Å²) in [6.45, 7) is 4.43. The van der Waals surface area contributed by atoms with E-state index in [1.807, 2.05) is 19.9 Å². The molecule has 0 aliphatic rings. The summed E-state index contributed by atoms with van der Waals surface area (Å²) >= 11 is 0. The lowest BCUT2D eigenvalue weighted by molar-refractivity contribution is 0.101. The Hall–Kier alpha value is -3.49. The lowest BCUT2D eigenvalue weighted by Crippen LogP contribution is -2.14. The molecule has 0 saturated heterocycles. The number of amides is 1. The molecule has 1 amide bonds.